The summed E-state index contributed by atoms with van der Waals surface area (Å²) in [6.45, 7) is -0.0221. The van der Waals surface area contributed by atoms with Gasteiger partial charge >= 0.3 is 5.97 Å². The number of carbonyl (C=O) groups is 1. The summed E-state index contributed by atoms with van der Waals surface area (Å²) in [6, 6.07) is 14.6. The first-order valence-electron chi connectivity index (χ1n) is 11.2. The van der Waals surface area contributed by atoms with Crippen LogP contribution in [-0.2, 0) is 11.4 Å². The minimum absolute atomic E-state index is 0.0221. The molecule has 0 saturated heterocycles. The zero-order valence-corrected chi connectivity index (χ0v) is 23.3. The molecule has 12 heteroatoms. The van der Waals surface area contributed by atoms with E-state index in [9.17, 15) is 14.3 Å². The molecule has 0 spiro atoms. The number of nitrogens with zero attached hydrogens (tertiary/aromatic N) is 2. The van der Waals surface area contributed by atoms with Gasteiger partial charge in [-0.1, -0.05) is 18.2 Å². The maximum atomic E-state index is 14.0. The average molecular weight is 617 g/mol. The van der Waals surface area contributed by atoms with Gasteiger partial charge in [0.05, 0.1) is 25.8 Å². The Morgan fingerprint density at radius 3 is 2.41 bits per heavy atom. The molecule has 0 radical (unpaired) electrons. The smallest absolute Gasteiger partial charge is 0.342 e. The number of rotatable bonds is 11. The molecule has 39 heavy (non-hydrogen) atoms. The minimum Gasteiger partial charge on any atom is -0.497 e. The van der Waals surface area contributed by atoms with Crippen molar-refractivity contribution >= 4 is 39.7 Å². The number of ether oxygens (including phenoxy) is 4. The zero-order valence-electron chi connectivity index (χ0n) is 20.9. The fourth-order valence-electron chi connectivity index (χ4n) is 3.41. The Kier molecular flexibility index (Phi) is 9.10. The number of hydrogen-bond acceptors (Lipinski definition) is 9. The number of methoxy groups -OCH3 is 3. The molecule has 0 unspecified atom stereocenters. The highest BCUT2D eigenvalue weighted by atomic mass is 79.9. The first kappa shape index (κ1) is 28.0. The van der Waals surface area contributed by atoms with Crippen LogP contribution >= 0.6 is 27.7 Å². The van der Waals surface area contributed by atoms with Gasteiger partial charge in [-0.15, -0.1) is 10.2 Å². The molecule has 4 aromatic rings. The van der Waals surface area contributed by atoms with Crippen molar-refractivity contribution < 1.29 is 37.7 Å². The van der Waals surface area contributed by atoms with Crippen molar-refractivity contribution in [2.45, 2.75) is 11.8 Å². The summed E-state index contributed by atoms with van der Waals surface area (Å²) in [5, 5.41) is 17.8. The SMILES string of the molecule is COc1cc(OC)cc(-c2nnc(S/C(=C\c3cc(Br)c(OCc4ccccc4F)c(OC)c3)C(=O)O)o2)c1. The van der Waals surface area contributed by atoms with Crippen LogP contribution < -0.4 is 18.9 Å². The van der Waals surface area contributed by atoms with E-state index in [0.717, 1.165) is 11.8 Å². The summed E-state index contributed by atoms with van der Waals surface area (Å²) in [5.41, 5.74) is 1.43. The van der Waals surface area contributed by atoms with Crippen LogP contribution in [0.5, 0.6) is 23.0 Å². The van der Waals surface area contributed by atoms with Crippen molar-refractivity contribution in [3.8, 4) is 34.5 Å². The van der Waals surface area contributed by atoms with E-state index in [1.165, 1.54) is 33.5 Å². The minimum atomic E-state index is -1.20. The number of carboxylic acid groups (broad SMARTS) is 1. The summed E-state index contributed by atoms with van der Waals surface area (Å²) in [5.74, 6) is 0.321. The van der Waals surface area contributed by atoms with Gasteiger partial charge in [0.15, 0.2) is 11.5 Å². The molecule has 0 saturated carbocycles. The van der Waals surface area contributed by atoms with Crippen LogP contribution in [0.4, 0.5) is 4.39 Å². The van der Waals surface area contributed by atoms with Crippen LogP contribution in [0.15, 0.2) is 73.6 Å². The Morgan fingerprint density at radius 2 is 1.77 bits per heavy atom. The van der Waals surface area contributed by atoms with Gasteiger partial charge in [0.2, 0.25) is 5.89 Å². The van der Waals surface area contributed by atoms with Crippen molar-refractivity contribution in [3.05, 3.63) is 80.9 Å². The summed E-state index contributed by atoms with van der Waals surface area (Å²) in [6.07, 6.45) is 1.43. The molecule has 0 aliphatic rings. The lowest BCUT2D eigenvalue weighted by Gasteiger charge is -2.14. The Bertz CT molecular complexity index is 1500. The van der Waals surface area contributed by atoms with Gasteiger partial charge in [0.1, 0.15) is 28.8 Å². The number of hydrogen-bond donors (Lipinski definition) is 1. The van der Waals surface area contributed by atoms with Crippen molar-refractivity contribution in [3.63, 3.8) is 0 Å². The van der Waals surface area contributed by atoms with Gasteiger partial charge in [-0.05, 0) is 69.7 Å². The molecule has 1 aromatic heterocycles. The quantitative estimate of drug-likeness (QED) is 0.149. The fraction of sp³-hybridized carbons (Fsp3) is 0.148. The maximum absolute atomic E-state index is 14.0. The molecule has 0 aliphatic carbocycles. The molecule has 0 atom stereocenters. The molecule has 4 rings (SSSR count). The van der Waals surface area contributed by atoms with E-state index in [-0.39, 0.29) is 28.4 Å². The van der Waals surface area contributed by atoms with Gasteiger partial charge in [-0.2, -0.15) is 0 Å². The summed E-state index contributed by atoms with van der Waals surface area (Å²) < 4.78 is 42.0. The maximum Gasteiger partial charge on any atom is 0.342 e. The molecule has 0 bridgehead atoms. The lowest BCUT2D eigenvalue weighted by molar-refractivity contribution is -0.131. The van der Waals surface area contributed by atoms with E-state index in [0.29, 0.717) is 44.2 Å². The Balaban J connectivity index is 1.57. The van der Waals surface area contributed by atoms with E-state index in [1.54, 1.807) is 48.5 Å². The second-order valence-electron chi connectivity index (χ2n) is 7.80. The van der Waals surface area contributed by atoms with Crippen LogP contribution in [0.3, 0.4) is 0 Å². The molecular formula is C27H22BrFN2O7S. The molecule has 0 amide bonds. The normalized spacial score (nSPS) is 11.3. The van der Waals surface area contributed by atoms with E-state index < -0.39 is 5.97 Å². The third-order valence-electron chi connectivity index (χ3n) is 5.29. The molecule has 1 heterocycles. The van der Waals surface area contributed by atoms with E-state index in [4.69, 9.17) is 23.4 Å². The lowest BCUT2D eigenvalue weighted by Crippen LogP contribution is -2.01. The van der Waals surface area contributed by atoms with Crippen molar-refractivity contribution in [2.24, 2.45) is 0 Å². The number of aromatic nitrogens is 2. The van der Waals surface area contributed by atoms with Crippen LogP contribution in [-0.4, -0.2) is 42.6 Å². The Labute approximate surface area is 235 Å². The first-order chi connectivity index (χ1) is 18.8. The molecule has 9 nitrogen and oxygen atoms in total. The molecule has 0 aliphatic heterocycles. The van der Waals surface area contributed by atoms with Gasteiger partial charge in [-0.25, -0.2) is 9.18 Å². The monoisotopic (exact) mass is 616 g/mol. The summed E-state index contributed by atoms with van der Waals surface area (Å²) in [4.78, 5) is 12.0. The standard InChI is InChI=1S/C27H22BrFN2O7S/c1-34-18-11-17(12-19(13-18)35-2)25-30-31-27(38-25)39-23(26(32)33)10-15-8-20(28)24(22(9-15)36-3)37-14-16-6-4-5-7-21(16)29/h4-13H,14H2,1-3H3,(H,32,33)/b23-10-. The van der Waals surface area contributed by atoms with Crippen molar-refractivity contribution in [1.82, 2.24) is 10.2 Å². The Hall–Kier alpha value is -4.03. The van der Waals surface area contributed by atoms with Gasteiger partial charge in [0.25, 0.3) is 5.22 Å². The first-order valence-corrected chi connectivity index (χ1v) is 12.9. The predicted molar refractivity (Wildman–Crippen MR) is 146 cm³/mol. The second-order valence-corrected chi connectivity index (χ2v) is 9.65. The number of halogens is 2. The van der Waals surface area contributed by atoms with Crippen molar-refractivity contribution in [2.75, 3.05) is 21.3 Å². The molecular weight excluding hydrogens is 595 g/mol. The average Bonchev–Trinajstić information content (AvgIpc) is 3.41. The highest BCUT2D eigenvalue weighted by molar-refractivity contribution is 9.10. The third-order valence-corrected chi connectivity index (χ3v) is 6.73. The summed E-state index contributed by atoms with van der Waals surface area (Å²) >= 11 is 4.22. The van der Waals surface area contributed by atoms with E-state index >= 15 is 0 Å². The topological polar surface area (TPSA) is 113 Å². The van der Waals surface area contributed by atoms with E-state index in [1.807, 2.05) is 0 Å². The van der Waals surface area contributed by atoms with Crippen LogP contribution in [0.2, 0.25) is 0 Å². The molecule has 1 N–H and O–H groups in total. The lowest BCUT2D eigenvalue weighted by atomic mass is 10.2. The highest BCUT2D eigenvalue weighted by Gasteiger charge is 2.19. The van der Waals surface area contributed by atoms with Crippen LogP contribution in [0.25, 0.3) is 17.5 Å². The Morgan fingerprint density at radius 1 is 1.05 bits per heavy atom. The molecule has 202 valence electrons. The van der Waals surface area contributed by atoms with Gasteiger partial charge in [-0.3, -0.25) is 0 Å². The van der Waals surface area contributed by atoms with Gasteiger partial charge < -0.3 is 28.5 Å². The molecule has 3 aromatic carbocycles. The van der Waals surface area contributed by atoms with Crippen molar-refractivity contribution in [1.29, 1.82) is 0 Å². The fourth-order valence-corrected chi connectivity index (χ4v) is 4.65. The second kappa shape index (κ2) is 12.7. The van der Waals surface area contributed by atoms with E-state index in [2.05, 4.69) is 26.1 Å². The van der Waals surface area contributed by atoms with Crippen LogP contribution in [0.1, 0.15) is 11.1 Å². The number of carboxylic acids is 1. The zero-order chi connectivity index (χ0) is 27.9. The van der Waals surface area contributed by atoms with Gasteiger partial charge in [0, 0.05) is 17.2 Å². The summed E-state index contributed by atoms with van der Waals surface area (Å²) in [7, 11) is 4.49. The third kappa shape index (κ3) is 6.89. The molecule has 0 fully saturated rings. The highest BCUT2D eigenvalue weighted by Crippen LogP contribution is 2.39. The number of thioether (sulfide) groups is 1. The number of benzene rings is 3. The largest absolute Gasteiger partial charge is 0.497 e. The predicted octanol–water partition coefficient (Wildman–Crippen LogP) is 6.46. The number of aliphatic carboxylic acids is 1. The van der Waals surface area contributed by atoms with Crippen LogP contribution in [0, 0.1) is 5.82 Å².